The summed E-state index contributed by atoms with van der Waals surface area (Å²) in [6.45, 7) is 1.15. The van der Waals surface area contributed by atoms with Crippen LogP contribution in [0.25, 0.3) is 11.3 Å². The van der Waals surface area contributed by atoms with E-state index in [-0.39, 0.29) is 31.0 Å². The molecule has 0 radical (unpaired) electrons. The lowest BCUT2D eigenvalue weighted by atomic mass is 10.00. The molecule has 5 rings (SSSR count). The summed E-state index contributed by atoms with van der Waals surface area (Å²) in [6.07, 6.45) is -4.88. The zero-order chi connectivity index (χ0) is 30.2. The lowest BCUT2D eigenvalue weighted by Crippen LogP contribution is -2.35. The molecular formula is C30H25F4N3O5. The predicted octanol–water partition coefficient (Wildman–Crippen LogP) is 5.87. The zero-order valence-corrected chi connectivity index (χ0v) is 22.5. The summed E-state index contributed by atoms with van der Waals surface area (Å²) in [5.41, 5.74) is 1.41. The maximum atomic E-state index is 14.6. The Hall–Kier alpha value is -4.87. The maximum absolute atomic E-state index is 14.6. The summed E-state index contributed by atoms with van der Waals surface area (Å²) in [5, 5.41) is 13.6. The van der Waals surface area contributed by atoms with Crippen LogP contribution in [0.2, 0.25) is 0 Å². The first-order valence-electron chi connectivity index (χ1n) is 12.8. The molecule has 0 saturated heterocycles. The first-order valence-corrected chi connectivity index (χ1v) is 12.8. The molecule has 1 amide bonds. The molecule has 1 N–H and O–H groups in total. The highest BCUT2D eigenvalue weighted by molar-refractivity contribution is 5.96. The molecule has 8 nitrogen and oxygen atoms in total. The average molecular weight is 584 g/mol. The molecule has 2 heterocycles. The predicted molar refractivity (Wildman–Crippen MR) is 143 cm³/mol. The first-order chi connectivity index (χ1) is 19.9. The highest BCUT2D eigenvalue weighted by Crippen LogP contribution is 2.40. The smallest absolute Gasteiger partial charge is 0.419 e. The summed E-state index contributed by atoms with van der Waals surface area (Å²) >= 11 is 0. The third-order valence-electron chi connectivity index (χ3n) is 6.87. The average Bonchev–Trinajstić information content (AvgIpc) is 3.29. The van der Waals surface area contributed by atoms with Crippen LogP contribution in [-0.4, -0.2) is 44.8 Å². The minimum absolute atomic E-state index is 0.0647. The van der Waals surface area contributed by atoms with Crippen molar-refractivity contribution in [2.24, 2.45) is 7.05 Å². The Morgan fingerprint density at radius 1 is 1.12 bits per heavy atom. The van der Waals surface area contributed by atoms with E-state index in [1.54, 1.807) is 17.8 Å². The minimum atomic E-state index is -4.88. The van der Waals surface area contributed by atoms with Crippen LogP contribution in [-0.2, 0) is 26.4 Å². The lowest BCUT2D eigenvalue weighted by molar-refractivity contribution is -0.139. The van der Waals surface area contributed by atoms with E-state index in [2.05, 4.69) is 5.10 Å². The fourth-order valence-electron chi connectivity index (χ4n) is 4.83. The molecule has 0 unspecified atom stereocenters. The number of aromatic carboxylic acids is 1. The topological polar surface area (TPSA) is 93.9 Å². The summed E-state index contributed by atoms with van der Waals surface area (Å²) < 4.78 is 68.4. The standard InChI is InChI=1S/C30H25F4N3O5/c1-17-7-9-24-20(13-17)27-21(16-42-24)26(35-36(27)2)28(38)37(15-19-5-3-4-6-23(19)31)11-12-41-25-10-8-18(29(39)40)14-22(25)30(32,33)34/h3-10,13-14H,11-12,15-16H2,1-2H3,(H,39,40). The van der Waals surface area contributed by atoms with Crippen LogP contribution in [0.1, 0.15) is 43.1 Å². The summed E-state index contributed by atoms with van der Waals surface area (Å²) in [6, 6.07) is 13.9. The molecule has 0 atom stereocenters. The largest absolute Gasteiger partial charge is 0.491 e. The number of aromatic nitrogens is 2. The second-order valence-electron chi connectivity index (χ2n) is 9.77. The summed E-state index contributed by atoms with van der Waals surface area (Å²) in [5.74, 6) is -2.62. The number of carbonyl (C=O) groups excluding carboxylic acids is 1. The number of ether oxygens (including phenoxy) is 2. The van der Waals surface area contributed by atoms with Crippen molar-refractivity contribution >= 4 is 11.9 Å². The van der Waals surface area contributed by atoms with E-state index in [0.717, 1.165) is 23.3 Å². The van der Waals surface area contributed by atoms with Crippen LogP contribution < -0.4 is 9.47 Å². The Morgan fingerprint density at radius 2 is 1.88 bits per heavy atom. The number of fused-ring (bicyclic) bond motifs is 3. The van der Waals surface area contributed by atoms with Gasteiger partial charge in [-0.05, 0) is 43.3 Å². The molecule has 0 spiro atoms. The van der Waals surface area contributed by atoms with Gasteiger partial charge in [0.25, 0.3) is 5.91 Å². The second-order valence-corrected chi connectivity index (χ2v) is 9.77. The van der Waals surface area contributed by atoms with Gasteiger partial charge in [-0.15, -0.1) is 0 Å². The van der Waals surface area contributed by atoms with Gasteiger partial charge in [-0.3, -0.25) is 9.48 Å². The highest BCUT2D eigenvalue weighted by Gasteiger charge is 2.36. The van der Waals surface area contributed by atoms with Crippen LogP contribution >= 0.6 is 0 Å². The van der Waals surface area contributed by atoms with Crippen molar-refractivity contribution in [3.63, 3.8) is 0 Å². The number of carbonyl (C=O) groups is 2. The van der Waals surface area contributed by atoms with Gasteiger partial charge in [0.2, 0.25) is 0 Å². The number of rotatable bonds is 8. The first kappa shape index (κ1) is 28.7. The van der Waals surface area contributed by atoms with E-state index in [1.807, 2.05) is 25.1 Å². The number of benzene rings is 3. The van der Waals surface area contributed by atoms with Gasteiger partial charge in [-0.2, -0.15) is 18.3 Å². The molecule has 0 aliphatic carbocycles. The van der Waals surface area contributed by atoms with Crippen molar-refractivity contribution < 1.29 is 41.7 Å². The molecule has 12 heteroatoms. The van der Waals surface area contributed by atoms with Gasteiger partial charge in [0, 0.05) is 30.3 Å². The van der Waals surface area contributed by atoms with Gasteiger partial charge in [-0.25, -0.2) is 9.18 Å². The molecule has 218 valence electrons. The number of carboxylic acids is 1. The van der Waals surface area contributed by atoms with Crippen molar-refractivity contribution in [2.75, 3.05) is 13.2 Å². The third kappa shape index (κ3) is 5.65. The van der Waals surface area contributed by atoms with Crippen LogP contribution in [0.5, 0.6) is 11.5 Å². The molecule has 4 aromatic rings. The van der Waals surface area contributed by atoms with Gasteiger partial charge < -0.3 is 19.5 Å². The Labute approximate surface area is 237 Å². The highest BCUT2D eigenvalue weighted by atomic mass is 19.4. The number of alkyl halides is 3. The van der Waals surface area contributed by atoms with Crippen molar-refractivity contribution in [2.45, 2.75) is 26.3 Å². The third-order valence-corrected chi connectivity index (χ3v) is 6.87. The van der Waals surface area contributed by atoms with Crippen molar-refractivity contribution in [1.29, 1.82) is 0 Å². The Kier molecular flexibility index (Phi) is 7.63. The van der Waals surface area contributed by atoms with Gasteiger partial charge in [0.05, 0.1) is 23.4 Å². The number of halogens is 4. The lowest BCUT2D eigenvalue weighted by Gasteiger charge is -2.24. The van der Waals surface area contributed by atoms with Gasteiger partial charge in [0.15, 0.2) is 5.69 Å². The number of hydrogen-bond donors (Lipinski definition) is 1. The molecule has 1 aliphatic rings. The summed E-state index contributed by atoms with van der Waals surface area (Å²) in [7, 11) is 1.69. The van der Waals surface area contributed by atoms with E-state index in [0.29, 0.717) is 23.1 Å². The van der Waals surface area contributed by atoms with Gasteiger partial charge in [-0.1, -0.05) is 29.8 Å². The SMILES string of the molecule is Cc1ccc2c(c1)-c1c(c(C(=O)N(CCOc3ccc(C(=O)O)cc3C(F)(F)F)Cc3ccccc3F)nn1C)CO2. The van der Waals surface area contributed by atoms with Crippen LogP contribution in [0.15, 0.2) is 60.7 Å². The van der Waals surface area contributed by atoms with Crippen molar-refractivity contribution in [1.82, 2.24) is 14.7 Å². The molecular weight excluding hydrogens is 558 g/mol. The molecule has 1 aliphatic heterocycles. The Morgan fingerprint density at radius 3 is 2.60 bits per heavy atom. The van der Waals surface area contributed by atoms with Gasteiger partial charge in [0.1, 0.15) is 30.5 Å². The molecule has 1 aromatic heterocycles. The number of hydrogen-bond acceptors (Lipinski definition) is 5. The molecule has 0 bridgehead atoms. The van der Waals surface area contributed by atoms with E-state index >= 15 is 0 Å². The molecule has 0 saturated carbocycles. The summed E-state index contributed by atoms with van der Waals surface area (Å²) in [4.78, 5) is 26.3. The fourth-order valence-corrected chi connectivity index (χ4v) is 4.83. The molecule has 0 fully saturated rings. The fraction of sp³-hybridized carbons (Fsp3) is 0.233. The minimum Gasteiger partial charge on any atom is -0.491 e. The molecule has 42 heavy (non-hydrogen) atoms. The zero-order valence-electron chi connectivity index (χ0n) is 22.5. The number of nitrogens with zero attached hydrogens (tertiary/aromatic N) is 3. The van der Waals surface area contributed by atoms with E-state index < -0.39 is 47.4 Å². The van der Waals surface area contributed by atoms with Crippen LogP contribution in [0, 0.1) is 12.7 Å². The van der Waals surface area contributed by atoms with E-state index in [9.17, 15) is 27.2 Å². The van der Waals surface area contributed by atoms with Crippen molar-refractivity contribution in [3.8, 4) is 22.8 Å². The molecule has 3 aromatic carbocycles. The Bertz CT molecular complexity index is 1680. The van der Waals surface area contributed by atoms with E-state index in [1.165, 1.54) is 23.1 Å². The second kappa shape index (κ2) is 11.2. The quantitative estimate of drug-likeness (QED) is 0.261. The number of carboxylic acid groups (broad SMARTS) is 1. The number of aryl methyl sites for hydroxylation is 2. The van der Waals surface area contributed by atoms with Crippen LogP contribution in [0.3, 0.4) is 0 Å². The maximum Gasteiger partial charge on any atom is 0.419 e. The number of amides is 1. The normalized spacial score (nSPS) is 12.2. The Balaban J connectivity index is 1.45. The van der Waals surface area contributed by atoms with Gasteiger partial charge >= 0.3 is 12.1 Å². The van der Waals surface area contributed by atoms with E-state index in [4.69, 9.17) is 14.6 Å². The monoisotopic (exact) mass is 583 g/mol. The van der Waals surface area contributed by atoms with Crippen molar-refractivity contribution in [3.05, 3.63) is 100.0 Å². The van der Waals surface area contributed by atoms with Crippen LogP contribution in [0.4, 0.5) is 17.6 Å².